The van der Waals surface area contributed by atoms with E-state index in [0.717, 1.165) is 23.6 Å². The zero-order valence-electron chi connectivity index (χ0n) is 10.9. The van der Waals surface area contributed by atoms with Gasteiger partial charge in [0.15, 0.2) is 0 Å². The van der Waals surface area contributed by atoms with E-state index in [1.807, 2.05) is 29.1 Å². The molecule has 6 nitrogen and oxygen atoms in total. The van der Waals surface area contributed by atoms with Gasteiger partial charge in [-0.1, -0.05) is 0 Å². The topological polar surface area (TPSA) is 51.9 Å². The lowest BCUT2D eigenvalue weighted by Crippen LogP contribution is -2.32. The van der Waals surface area contributed by atoms with Crippen molar-refractivity contribution < 1.29 is 4.57 Å². The minimum absolute atomic E-state index is 0.734. The van der Waals surface area contributed by atoms with Crippen LogP contribution in [0, 0.1) is 0 Å². The van der Waals surface area contributed by atoms with Crippen molar-refractivity contribution >= 4 is 17.1 Å². The van der Waals surface area contributed by atoms with Crippen molar-refractivity contribution in [3.63, 3.8) is 0 Å². The molecule has 0 aliphatic carbocycles. The van der Waals surface area contributed by atoms with Gasteiger partial charge in [-0.05, 0) is 12.1 Å². The van der Waals surface area contributed by atoms with Crippen LogP contribution in [0.4, 0.5) is 0 Å². The van der Waals surface area contributed by atoms with Gasteiger partial charge in [0.2, 0.25) is 5.82 Å². The number of fused-ring (bicyclic) bond motifs is 7. The highest BCUT2D eigenvalue weighted by Crippen LogP contribution is 2.29. The molecule has 1 aliphatic heterocycles. The maximum Gasteiger partial charge on any atom is 0.299 e. The van der Waals surface area contributed by atoms with E-state index in [1.165, 1.54) is 17.0 Å². The summed E-state index contributed by atoms with van der Waals surface area (Å²) in [4.78, 5) is 13.2. The molecule has 0 amide bonds. The third kappa shape index (κ3) is 1.01. The van der Waals surface area contributed by atoms with Crippen LogP contribution in [0.3, 0.4) is 0 Å². The lowest BCUT2D eigenvalue weighted by atomic mass is 10.2. The SMILES string of the molecule is Cn1c2[n+](c3c1nc1ncccn13)Cc1cnccc1-2. The number of aromatic nitrogens is 6. The zero-order chi connectivity index (χ0) is 13.3. The Hall–Kier alpha value is -2.76. The minimum atomic E-state index is 0.734. The Morgan fingerprint density at radius 3 is 3.20 bits per heavy atom. The van der Waals surface area contributed by atoms with Gasteiger partial charge in [0.25, 0.3) is 17.1 Å². The van der Waals surface area contributed by atoms with Gasteiger partial charge in [-0.2, -0.15) is 9.38 Å². The first-order chi connectivity index (χ1) is 9.84. The Kier molecular flexibility index (Phi) is 1.62. The first kappa shape index (κ1) is 10.1. The summed E-state index contributed by atoms with van der Waals surface area (Å²) in [5.41, 5.74) is 4.53. The van der Waals surface area contributed by atoms with E-state index in [9.17, 15) is 0 Å². The van der Waals surface area contributed by atoms with Gasteiger partial charge in [-0.25, -0.2) is 14.1 Å². The van der Waals surface area contributed by atoms with Crippen molar-refractivity contribution in [1.82, 2.24) is 23.9 Å². The molecule has 4 aromatic heterocycles. The summed E-state index contributed by atoms with van der Waals surface area (Å²) in [5, 5.41) is 0. The quantitative estimate of drug-likeness (QED) is 0.391. The van der Waals surface area contributed by atoms with Crippen LogP contribution >= 0.6 is 0 Å². The van der Waals surface area contributed by atoms with E-state index >= 15 is 0 Å². The van der Waals surface area contributed by atoms with Gasteiger partial charge >= 0.3 is 0 Å². The fraction of sp³-hybridized carbons (Fsp3) is 0.143. The van der Waals surface area contributed by atoms with E-state index in [2.05, 4.69) is 37.2 Å². The Bertz CT molecular complexity index is 994. The summed E-state index contributed by atoms with van der Waals surface area (Å²) >= 11 is 0. The lowest BCUT2D eigenvalue weighted by Gasteiger charge is -1.95. The monoisotopic (exact) mass is 263 g/mol. The van der Waals surface area contributed by atoms with Gasteiger partial charge in [0.1, 0.15) is 0 Å². The van der Waals surface area contributed by atoms with E-state index in [0.29, 0.717) is 0 Å². The van der Waals surface area contributed by atoms with Crippen LogP contribution in [0.15, 0.2) is 36.9 Å². The molecule has 0 unspecified atom stereocenters. The number of pyridine rings is 1. The fourth-order valence-electron chi connectivity index (χ4n) is 3.14. The number of hydrogen-bond donors (Lipinski definition) is 0. The molecule has 0 bridgehead atoms. The van der Waals surface area contributed by atoms with E-state index < -0.39 is 0 Å². The second kappa shape index (κ2) is 3.22. The Morgan fingerprint density at radius 1 is 1.30 bits per heavy atom. The molecule has 20 heavy (non-hydrogen) atoms. The Balaban J connectivity index is 1.99. The molecule has 6 heteroatoms. The molecule has 5 heterocycles. The molecule has 0 saturated heterocycles. The van der Waals surface area contributed by atoms with E-state index in [1.54, 1.807) is 6.20 Å². The Labute approximate surface area is 114 Å². The summed E-state index contributed by atoms with van der Waals surface area (Å²) in [6.07, 6.45) is 7.55. The molecule has 4 aromatic rings. The minimum Gasteiger partial charge on any atom is -0.264 e. The largest absolute Gasteiger partial charge is 0.299 e. The van der Waals surface area contributed by atoms with Crippen molar-refractivity contribution in [2.45, 2.75) is 6.54 Å². The fourth-order valence-corrected chi connectivity index (χ4v) is 3.14. The van der Waals surface area contributed by atoms with Crippen LogP contribution in [-0.4, -0.2) is 23.9 Å². The molecule has 1 aliphatic rings. The lowest BCUT2D eigenvalue weighted by molar-refractivity contribution is -0.648. The van der Waals surface area contributed by atoms with Crippen LogP contribution in [0.2, 0.25) is 0 Å². The standard InChI is InChI=1S/C14H11N6/c1-18-11-13(19-6-2-4-16-14(19)17-11)20-8-9-7-15-5-3-10(9)12(18)20/h2-7H,8H2,1H3/q+1. The number of aryl methyl sites for hydroxylation is 1. The second-order valence-electron chi connectivity index (χ2n) is 5.05. The first-order valence-electron chi connectivity index (χ1n) is 6.49. The van der Waals surface area contributed by atoms with Crippen molar-refractivity contribution in [1.29, 1.82) is 0 Å². The average molecular weight is 263 g/mol. The van der Waals surface area contributed by atoms with Crippen LogP contribution in [0.1, 0.15) is 5.56 Å². The third-order valence-corrected chi connectivity index (χ3v) is 3.98. The molecule has 0 fully saturated rings. The van der Waals surface area contributed by atoms with Crippen LogP contribution < -0.4 is 4.57 Å². The van der Waals surface area contributed by atoms with Gasteiger partial charge in [0.05, 0.1) is 25.4 Å². The van der Waals surface area contributed by atoms with Gasteiger partial charge in [0, 0.05) is 24.2 Å². The smallest absolute Gasteiger partial charge is 0.264 e. The predicted molar refractivity (Wildman–Crippen MR) is 72.0 cm³/mol. The maximum absolute atomic E-state index is 4.63. The molecular formula is C14H11N6+. The average Bonchev–Trinajstić information content (AvgIpc) is 3.10. The van der Waals surface area contributed by atoms with Crippen LogP contribution in [0.25, 0.3) is 28.5 Å². The molecule has 0 spiro atoms. The third-order valence-electron chi connectivity index (χ3n) is 3.98. The maximum atomic E-state index is 4.63. The zero-order valence-corrected chi connectivity index (χ0v) is 10.9. The number of rotatable bonds is 0. The van der Waals surface area contributed by atoms with Crippen molar-refractivity contribution in [3.05, 3.63) is 42.5 Å². The highest BCUT2D eigenvalue weighted by Gasteiger charge is 2.34. The molecule has 0 saturated carbocycles. The van der Waals surface area contributed by atoms with Crippen LogP contribution in [-0.2, 0) is 13.6 Å². The summed E-state index contributed by atoms with van der Waals surface area (Å²) in [6.45, 7) is 0.832. The number of imidazole rings is 2. The van der Waals surface area contributed by atoms with Crippen molar-refractivity contribution in [2.75, 3.05) is 0 Å². The normalized spacial score (nSPS) is 13.1. The summed E-state index contributed by atoms with van der Waals surface area (Å²) in [7, 11) is 2.05. The summed E-state index contributed by atoms with van der Waals surface area (Å²) in [5.74, 6) is 1.91. The summed E-state index contributed by atoms with van der Waals surface area (Å²) in [6, 6.07) is 4.00. The molecule has 0 N–H and O–H groups in total. The molecule has 0 radical (unpaired) electrons. The Morgan fingerprint density at radius 2 is 2.25 bits per heavy atom. The van der Waals surface area contributed by atoms with E-state index in [-0.39, 0.29) is 0 Å². The highest BCUT2D eigenvalue weighted by molar-refractivity contribution is 5.75. The first-order valence-corrected chi connectivity index (χ1v) is 6.49. The molecule has 0 aromatic carbocycles. The molecular weight excluding hydrogens is 252 g/mol. The van der Waals surface area contributed by atoms with Gasteiger partial charge < -0.3 is 0 Å². The number of nitrogens with zero attached hydrogens (tertiary/aromatic N) is 6. The summed E-state index contributed by atoms with van der Waals surface area (Å²) < 4.78 is 6.46. The molecule has 0 atom stereocenters. The number of hydrogen-bond acceptors (Lipinski definition) is 3. The van der Waals surface area contributed by atoms with Crippen molar-refractivity contribution in [2.24, 2.45) is 7.05 Å². The molecule has 5 rings (SSSR count). The molecule has 96 valence electrons. The van der Waals surface area contributed by atoms with Gasteiger partial charge in [-0.3, -0.25) is 4.98 Å². The van der Waals surface area contributed by atoms with Crippen molar-refractivity contribution in [3.8, 4) is 11.4 Å². The second-order valence-corrected chi connectivity index (χ2v) is 5.05. The highest BCUT2D eigenvalue weighted by atomic mass is 15.3. The predicted octanol–water partition coefficient (Wildman–Crippen LogP) is 0.932. The van der Waals surface area contributed by atoms with E-state index in [4.69, 9.17) is 0 Å². The van der Waals surface area contributed by atoms with Gasteiger partial charge in [-0.15, -0.1) is 0 Å². The van der Waals surface area contributed by atoms with Crippen LogP contribution in [0.5, 0.6) is 0 Å².